The van der Waals surface area contributed by atoms with Crippen LogP contribution in [-0.4, -0.2) is 81.3 Å². The van der Waals surface area contributed by atoms with Gasteiger partial charge >= 0.3 is 0 Å². The van der Waals surface area contributed by atoms with Gasteiger partial charge in [-0.3, -0.25) is 4.90 Å². The molecule has 226 valence electrons. The summed E-state index contributed by atoms with van der Waals surface area (Å²) in [5, 5.41) is 14.7. The Morgan fingerprint density at radius 2 is 1.90 bits per heavy atom. The third kappa shape index (κ3) is 6.03. The van der Waals surface area contributed by atoms with E-state index < -0.39 is 11.8 Å². The first kappa shape index (κ1) is 30.0. The molecule has 0 spiro atoms. The van der Waals surface area contributed by atoms with Crippen LogP contribution in [0.4, 0.5) is 20.3 Å². The van der Waals surface area contributed by atoms with Crippen LogP contribution in [0.3, 0.4) is 0 Å². The quantitative estimate of drug-likeness (QED) is 0.444. The van der Waals surface area contributed by atoms with Crippen LogP contribution in [0.2, 0.25) is 0 Å². The molecule has 4 aliphatic rings. The van der Waals surface area contributed by atoms with Crippen molar-refractivity contribution in [1.82, 2.24) is 29.7 Å². The molecule has 1 unspecified atom stereocenters. The molecule has 11 heteroatoms. The van der Waals surface area contributed by atoms with E-state index in [1.165, 1.54) is 0 Å². The van der Waals surface area contributed by atoms with Crippen LogP contribution in [0.5, 0.6) is 0 Å². The topological polar surface area (TPSA) is 94.7 Å². The lowest BCUT2D eigenvalue weighted by molar-refractivity contribution is -0.0831. The Balaban J connectivity index is 1.35. The average Bonchev–Trinajstić information content (AvgIpc) is 2.97. The van der Waals surface area contributed by atoms with Crippen LogP contribution in [0.15, 0.2) is 29.5 Å². The van der Waals surface area contributed by atoms with Crippen molar-refractivity contribution in [2.45, 2.75) is 58.9 Å². The standard InChI is InChI=1S/C31H42F2N8O/c1-6-24(7-2)41-21(4)28(22(5)42)20(3)26-17-36-30(38-29(26)41)37-27-9-8-25(16-35-27)40-14-12-39(13-15-40)18-23-10-11-34-19-31(23,32)33/h8-9,16-17,23-24,34,42H,4,6-7,10-15,18-19H2,1-3,5H3/b28-22+,37-30?. The number of alkyl halides is 2. The molecule has 4 aliphatic heterocycles. The van der Waals surface area contributed by atoms with Gasteiger partial charge in [-0.2, -0.15) is 9.98 Å². The van der Waals surface area contributed by atoms with E-state index >= 15 is 0 Å². The molecule has 0 saturated carbocycles. The fourth-order valence-corrected chi connectivity index (χ4v) is 6.34. The molecule has 2 N–H and O–H groups in total. The maximum Gasteiger partial charge on any atom is 0.264 e. The number of pyridine rings is 2. The van der Waals surface area contributed by atoms with E-state index in [0.29, 0.717) is 30.9 Å². The minimum Gasteiger partial charge on any atom is -0.512 e. The summed E-state index contributed by atoms with van der Waals surface area (Å²) in [7, 11) is 0. The molecule has 0 amide bonds. The fourth-order valence-electron chi connectivity index (χ4n) is 6.34. The highest BCUT2D eigenvalue weighted by Gasteiger charge is 2.42. The normalized spacial score (nSPS) is 20.9. The van der Waals surface area contributed by atoms with Gasteiger partial charge in [-0.15, -0.1) is 0 Å². The van der Waals surface area contributed by atoms with Crippen molar-refractivity contribution in [2.75, 3.05) is 50.7 Å². The van der Waals surface area contributed by atoms with Crippen LogP contribution in [0.1, 0.15) is 51.6 Å². The molecule has 2 fully saturated rings. The Morgan fingerprint density at radius 3 is 2.52 bits per heavy atom. The lowest BCUT2D eigenvalue weighted by atomic mass is 9.93. The lowest BCUT2D eigenvalue weighted by Crippen LogP contribution is -2.53. The van der Waals surface area contributed by atoms with Gasteiger partial charge in [0.15, 0.2) is 5.82 Å². The van der Waals surface area contributed by atoms with Gasteiger partial charge in [-0.25, -0.2) is 18.7 Å². The zero-order chi connectivity index (χ0) is 30.0. The van der Waals surface area contributed by atoms with Crippen LogP contribution in [-0.2, 0) is 0 Å². The molecule has 9 nitrogen and oxygen atoms in total. The van der Waals surface area contributed by atoms with Gasteiger partial charge in [0.05, 0.1) is 24.2 Å². The molecule has 5 rings (SSSR count). The first-order valence-corrected chi connectivity index (χ1v) is 15.0. The molecule has 5 heterocycles. The number of aromatic nitrogens is 4. The second-order valence-corrected chi connectivity index (χ2v) is 11.5. The van der Waals surface area contributed by atoms with E-state index in [4.69, 9.17) is 4.98 Å². The Hall–Kier alpha value is -3.44. The van der Waals surface area contributed by atoms with E-state index in [0.717, 1.165) is 72.2 Å². The van der Waals surface area contributed by atoms with Crippen molar-refractivity contribution in [3.05, 3.63) is 46.3 Å². The van der Waals surface area contributed by atoms with Crippen LogP contribution < -0.4 is 26.4 Å². The molecular formula is C31H42F2N8O. The second kappa shape index (κ2) is 12.4. The molecule has 0 bridgehead atoms. The highest BCUT2D eigenvalue weighted by atomic mass is 19.3. The fraction of sp³-hybridized carbons (Fsp3) is 0.548. The number of anilines is 1. The van der Waals surface area contributed by atoms with Gasteiger partial charge in [0.25, 0.3) is 11.5 Å². The minimum atomic E-state index is -2.64. The molecule has 1 atom stereocenters. The molecule has 0 aliphatic carbocycles. The summed E-state index contributed by atoms with van der Waals surface area (Å²) in [5.41, 5.74) is 3.02. The van der Waals surface area contributed by atoms with E-state index in [1.807, 2.05) is 19.1 Å². The Bertz CT molecular complexity index is 1540. The predicted octanol–water partition coefficient (Wildman–Crippen LogP) is 3.14. The summed E-state index contributed by atoms with van der Waals surface area (Å²) in [6.45, 7) is 16.1. The second-order valence-electron chi connectivity index (χ2n) is 11.5. The van der Waals surface area contributed by atoms with E-state index in [1.54, 1.807) is 19.3 Å². The largest absolute Gasteiger partial charge is 0.512 e. The van der Waals surface area contributed by atoms with Crippen molar-refractivity contribution in [1.29, 1.82) is 0 Å². The number of hydrogen-bond donors (Lipinski definition) is 2. The third-order valence-corrected chi connectivity index (χ3v) is 8.80. The zero-order valence-corrected chi connectivity index (χ0v) is 25.1. The number of fused-ring (bicyclic) bond motifs is 1. The summed E-state index contributed by atoms with van der Waals surface area (Å²) < 4.78 is 30.6. The van der Waals surface area contributed by atoms with E-state index in [2.05, 4.69) is 55.1 Å². The number of piperazine rings is 1. The molecule has 1 aromatic rings. The van der Waals surface area contributed by atoms with Gasteiger partial charge in [0.2, 0.25) is 0 Å². The highest BCUT2D eigenvalue weighted by molar-refractivity contribution is 5.62. The summed E-state index contributed by atoms with van der Waals surface area (Å²) in [6.07, 6.45) is 5.85. The number of aliphatic hydroxyl groups excluding tert-OH is 1. The smallest absolute Gasteiger partial charge is 0.264 e. The number of hydrogen-bond acceptors (Lipinski definition) is 8. The third-order valence-electron chi connectivity index (χ3n) is 8.80. The number of nitrogens with one attached hydrogen (secondary N) is 1. The van der Waals surface area contributed by atoms with E-state index in [-0.39, 0.29) is 18.3 Å². The van der Waals surface area contributed by atoms with Gasteiger partial charge < -0.3 is 19.9 Å². The predicted molar refractivity (Wildman–Crippen MR) is 162 cm³/mol. The van der Waals surface area contributed by atoms with Crippen molar-refractivity contribution < 1.29 is 13.9 Å². The molecule has 1 aromatic heterocycles. The van der Waals surface area contributed by atoms with Crippen LogP contribution in [0.25, 0.3) is 23.7 Å². The molecule has 2 saturated heterocycles. The van der Waals surface area contributed by atoms with Gasteiger partial charge in [-0.1, -0.05) is 20.4 Å². The minimum absolute atomic E-state index is 0.162. The Kier molecular flexibility index (Phi) is 8.89. The number of aliphatic hydroxyl groups is 1. The van der Waals surface area contributed by atoms with Crippen molar-refractivity contribution in [2.24, 2.45) is 10.9 Å². The zero-order valence-electron chi connectivity index (χ0n) is 25.1. The molecule has 42 heavy (non-hydrogen) atoms. The maximum absolute atomic E-state index is 14.3. The van der Waals surface area contributed by atoms with Crippen molar-refractivity contribution >= 4 is 23.8 Å². The maximum atomic E-state index is 14.3. The van der Waals surface area contributed by atoms with E-state index in [9.17, 15) is 13.9 Å². The summed E-state index contributed by atoms with van der Waals surface area (Å²) >= 11 is 0. The number of piperidine rings is 1. The number of nitrogens with zero attached hydrogens (tertiary/aromatic N) is 7. The first-order chi connectivity index (χ1) is 20.1. The number of halogens is 2. The van der Waals surface area contributed by atoms with Gasteiger partial charge in [-0.05, 0) is 57.4 Å². The number of rotatable bonds is 7. The van der Waals surface area contributed by atoms with Crippen LogP contribution in [0, 0.1) is 12.8 Å². The van der Waals surface area contributed by atoms with Gasteiger partial charge in [0, 0.05) is 67.0 Å². The van der Waals surface area contributed by atoms with Crippen LogP contribution >= 0.6 is 0 Å². The summed E-state index contributed by atoms with van der Waals surface area (Å²) in [6, 6.07) is 4.00. The van der Waals surface area contributed by atoms with Gasteiger partial charge in [0.1, 0.15) is 5.82 Å². The molecule has 0 aromatic carbocycles. The Labute approximate surface area is 245 Å². The van der Waals surface area contributed by atoms with Crippen molar-refractivity contribution in [3.8, 4) is 11.4 Å². The molecule has 0 radical (unpaired) electrons. The molecular weight excluding hydrogens is 538 g/mol. The monoisotopic (exact) mass is 580 g/mol. The Morgan fingerprint density at radius 1 is 1.17 bits per heavy atom. The first-order valence-electron chi connectivity index (χ1n) is 15.0. The summed E-state index contributed by atoms with van der Waals surface area (Å²) in [5.74, 6) is -1.77. The average molecular weight is 581 g/mol. The lowest BCUT2D eigenvalue weighted by Gasteiger charge is -2.40. The SMILES string of the molecule is C=c1/c(=C(\C)O)c(C)c2cnc(=Nc3ccc(N4CCN(CC5CCNCC5(F)F)CC4)cn3)nc-2n1C(CC)CC. The van der Waals surface area contributed by atoms with Crippen molar-refractivity contribution in [3.63, 3.8) is 0 Å². The summed E-state index contributed by atoms with van der Waals surface area (Å²) in [4.78, 5) is 22.9. The highest BCUT2D eigenvalue weighted by Crippen LogP contribution is 2.31.